The van der Waals surface area contributed by atoms with Gasteiger partial charge in [-0.25, -0.2) is 0 Å². The molecule has 1 amide bonds. The Bertz CT molecular complexity index is 673. The minimum absolute atomic E-state index is 0.0916. The highest BCUT2D eigenvalue weighted by Crippen LogP contribution is 2.25. The van der Waals surface area contributed by atoms with Crippen LogP contribution >= 0.6 is 11.6 Å². The first kappa shape index (κ1) is 17.9. The molecular weight excluding hydrogens is 330 g/mol. The topological polar surface area (TPSA) is 56.8 Å². The molecule has 0 aliphatic heterocycles. The van der Waals surface area contributed by atoms with Gasteiger partial charge in [0.05, 0.1) is 18.7 Å². The molecular formula is C18H20ClNO4. The third-order valence-corrected chi connectivity index (χ3v) is 3.51. The highest BCUT2D eigenvalue weighted by Gasteiger charge is 2.06. The number of methoxy groups -OCH3 is 1. The van der Waals surface area contributed by atoms with E-state index < -0.39 is 0 Å². The molecule has 0 saturated carbocycles. The van der Waals surface area contributed by atoms with Gasteiger partial charge >= 0.3 is 0 Å². The summed E-state index contributed by atoms with van der Waals surface area (Å²) in [5, 5.41) is 3.21. The first-order valence-electron chi connectivity index (χ1n) is 7.51. The van der Waals surface area contributed by atoms with Gasteiger partial charge in [0, 0.05) is 0 Å². The average Bonchev–Trinajstić information content (AvgIpc) is 2.60. The Balaban J connectivity index is 1.66. The number of hydrogen-bond donors (Lipinski definition) is 1. The SMILES string of the molecule is COc1ccc(OCCNC(=O)COc2cc(C)ccc2Cl)cc1. The van der Waals surface area contributed by atoms with Gasteiger partial charge in [0.2, 0.25) is 0 Å². The van der Waals surface area contributed by atoms with Gasteiger partial charge in [-0.1, -0.05) is 17.7 Å². The fourth-order valence-corrected chi connectivity index (χ4v) is 2.12. The van der Waals surface area contributed by atoms with Crippen LogP contribution in [0.3, 0.4) is 0 Å². The second kappa shape index (κ2) is 9.03. The zero-order chi connectivity index (χ0) is 17.4. The van der Waals surface area contributed by atoms with E-state index in [0.29, 0.717) is 29.7 Å². The van der Waals surface area contributed by atoms with Gasteiger partial charge in [0.25, 0.3) is 5.91 Å². The van der Waals surface area contributed by atoms with Crippen LogP contribution in [0.4, 0.5) is 0 Å². The van der Waals surface area contributed by atoms with Gasteiger partial charge < -0.3 is 19.5 Å². The van der Waals surface area contributed by atoms with Gasteiger partial charge in [0.1, 0.15) is 23.9 Å². The largest absolute Gasteiger partial charge is 0.497 e. The lowest BCUT2D eigenvalue weighted by Crippen LogP contribution is -2.32. The Kier molecular flexibility index (Phi) is 6.75. The summed E-state index contributed by atoms with van der Waals surface area (Å²) in [6, 6.07) is 12.7. The molecule has 0 bridgehead atoms. The van der Waals surface area contributed by atoms with E-state index in [2.05, 4.69) is 5.32 Å². The Morgan fingerprint density at radius 3 is 2.50 bits per heavy atom. The summed E-state index contributed by atoms with van der Waals surface area (Å²) >= 11 is 6.01. The van der Waals surface area contributed by atoms with Crippen molar-refractivity contribution in [3.05, 3.63) is 53.1 Å². The number of rotatable bonds is 8. The molecule has 128 valence electrons. The monoisotopic (exact) mass is 349 g/mol. The molecule has 0 atom stereocenters. The van der Waals surface area contributed by atoms with Crippen LogP contribution in [0, 0.1) is 6.92 Å². The van der Waals surface area contributed by atoms with Crippen LogP contribution in [-0.2, 0) is 4.79 Å². The summed E-state index contributed by atoms with van der Waals surface area (Å²) in [4.78, 5) is 11.8. The maximum Gasteiger partial charge on any atom is 0.258 e. The van der Waals surface area contributed by atoms with E-state index >= 15 is 0 Å². The molecule has 0 aromatic heterocycles. The van der Waals surface area contributed by atoms with Crippen LogP contribution < -0.4 is 19.5 Å². The van der Waals surface area contributed by atoms with Crippen molar-refractivity contribution in [2.75, 3.05) is 26.9 Å². The number of carbonyl (C=O) groups is 1. The van der Waals surface area contributed by atoms with Crippen molar-refractivity contribution in [1.82, 2.24) is 5.32 Å². The first-order chi connectivity index (χ1) is 11.6. The molecule has 6 heteroatoms. The van der Waals surface area contributed by atoms with Crippen LogP contribution in [0.2, 0.25) is 5.02 Å². The van der Waals surface area contributed by atoms with Gasteiger partial charge in [-0.15, -0.1) is 0 Å². The van der Waals surface area contributed by atoms with Crippen LogP contribution in [0.5, 0.6) is 17.2 Å². The van der Waals surface area contributed by atoms with Crippen molar-refractivity contribution in [3.8, 4) is 17.2 Å². The number of nitrogens with one attached hydrogen (secondary N) is 1. The molecule has 0 heterocycles. The third-order valence-electron chi connectivity index (χ3n) is 3.20. The minimum atomic E-state index is -0.231. The summed E-state index contributed by atoms with van der Waals surface area (Å²) in [7, 11) is 1.61. The lowest BCUT2D eigenvalue weighted by Gasteiger charge is -2.10. The first-order valence-corrected chi connectivity index (χ1v) is 7.89. The number of halogens is 1. The average molecular weight is 350 g/mol. The Labute approximate surface area is 146 Å². The van der Waals surface area contributed by atoms with Gasteiger partial charge in [-0.3, -0.25) is 4.79 Å². The molecule has 0 aliphatic rings. The molecule has 0 aliphatic carbocycles. The summed E-state index contributed by atoms with van der Waals surface area (Å²) in [5.74, 6) is 1.75. The molecule has 2 aromatic carbocycles. The summed E-state index contributed by atoms with van der Waals surface area (Å²) in [5.41, 5.74) is 1.02. The smallest absolute Gasteiger partial charge is 0.258 e. The molecule has 0 fully saturated rings. The van der Waals surface area contributed by atoms with Crippen LogP contribution in [-0.4, -0.2) is 32.8 Å². The zero-order valence-corrected chi connectivity index (χ0v) is 14.4. The van der Waals surface area contributed by atoms with Crippen LogP contribution in [0.25, 0.3) is 0 Å². The zero-order valence-electron chi connectivity index (χ0n) is 13.7. The van der Waals surface area contributed by atoms with Crippen molar-refractivity contribution in [3.63, 3.8) is 0 Å². The van der Waals surface area contributed by atoms with Crippen molar-refractivity contribution in [2.24, 2.45) is 0 Å². The van der Waals surface area contributed by atoms with E-state index in [1.54, 1.807) is 19.2 Å². The van der Waals surface area contributed by atoms with Gasteiger partial charge in [-0.2, -0.15) is 0 Å². The van der Waals surface area contributed by atoms with E-state index in [1.807, 2.05) is 37.3 Å². The maximum atomic E-state index is 11.8. The molecule has 0 saturated heterocycles. The van der Waals surface area contributed by atoms with Gasteiger partial charge in [0.15, 0.2) is 6.61 Å². The van der Waals surface area contributed by atoms with Crippen molar-refractivity contribution < 1.29 is 19.0 Å². The quantitative estimate of drug-likeness (QED) is 0.743. The lowest BCUT2D eigenvalue weighted by atomic mass is 10.2. The number of aryl methyl sites for hydroxylation is 1. The van der Waals surface area contributed by atoms with E-state index in [4.69, 9.17) is 25.8 Å². The Morgan fingerprint density at radius 2 is 1.79 bits per heavy atom. The third kappa shape index (κ3) is 5.66. The van der Waals surface area contributed by atoms with Crippen molar-refractivity contribution in [1.29, 1.82) is 0 Å². The summed E-state index contributed by atoms with van der Waals surface area (Å²) in [6.07, 6.45) is 0. The Hall–Kier alpha value is -2.40. The fraction of sp³-hybridized carbons (Fsp3) is 0.278. The minimum Gasteiger partial charge on any atom is -0.497 e. The van der Waals surface area contributed by atoms with E-state index in [0.717, 1.165) is 11.3 Å². The van der Waals surface area contributed by atoms with E-state index in [1.165, 1.54) is 0 Å². The predicted molar refractivity (Wildman–Crippen MR) is 93.2 cm³/mol. The predicted octanol–water partition coefficient (Wildman–Crippen LogP) is 3.23. The molecule has 0 spiro atoms. The number of ether oxygens (including phenoxy) is 3. The van der Waals surface area contributed by atoms with Crippen LogP contribution in [0.1, 0.15) is 5.56 Å². The molecule has 2 aromatic rings. The maximum absolute atomic E-state index is 11.8. The second-order valence-corrected chi connectivity index (χ2v) is 5.50. The highest BCUT2D eigenvalue weighted by atomic mass is 35.5. The number of hydrogen-bond acceptors (Lipinski definition) is 4. The molecule has 2 rings (SSSR count). The standard InChI is InChI=1S/C18H20ClNO4/c1-13-3-8-16(19)17(11-13)24-12-18(21)20-9-10-23-15-6-4-14(22-2)5-7-15/h3-8,11H,9-10,12H2,1-2H3,(H,20,21). The van der Waals surface area contributed by atoms with Gasteiger partial charge in [-0.05, 0) is 48.9 Å². The van der Waals surface area contributed by atoms with Crippen molar-refractivity contribution >= 4 is 17.5 Å². The molecule has 0 radical (unpaired) electrons. The molecule has 1 N–H and O–H groups in total. The molecule has 0 unspecified atom stereocenters. The lowest BCUT2D eigenvalue weighted by molar-refractivity contribution is -0.123. The highest BCUT2D eigenvalue weighted by molar-refractivity contribution is 6.32. The number of amides is 1. The normalized spacial score (nSPS) is 10.1. The summed E-state index contributed by atoms with van der Waals surface area (Å²) in [6.45, 7) is 2.59. The fourth-order valence-electron chi connectivity index (χ4n) is 1.95. The summed E-state index contributed by atoms with van der Waals surface area (Å²) < 4.78 is 16.0. The van der Waals surface area contributed by atoms with E-state index in [-0.39, 0.29) is 12.5 Å². The van der Waals surface area contributed by atoms with E-state index in [9.17, 15) is 4.79 Å². The number of carbonyl (C=O) groups excluding carboxylic acids is 1. The Morgan fingerprint density at radius 1 is 1.08 bits per heavy atom. The molecule has 5 nitrogen and oxygen atoms in total. The second-order valence-electron chi connectivity index (χ2n) is 5.10. The van der Waals surface area contributed by atoms with Crippen LogP contribution in [0.15, 0.2) is 42.5 Å². The molecule has 24 heavy (non-hydrogen) atoms. The van der Waals surface area contributed by atoms with Crippen molar-refractivity contribution in [2.45, 2.75) is 6.92 Å². The number of benzene rings is 2.